The molecule has 0 radical (unpaired) electrons. The lowest BCUT2D eigenvalue weighted by Crippen LogP contribution is -1.98. The first-order chi connectivity index (χ1) is 4.86. The molecule has 2 rings (SSSR count). The average Bonchev–Trinajstić information content (AvgIpc) is 2.27. The lowest BCUT2D eigenvalue weighted by atomic mass is 10.6. The number of hydrogen-bond acceptors (Lipinski definition) is 5. The van der Waals surface area contributed by atoms with Gasteiger partial charge in [0, 0.05) is 0 Å². The van der Waals surface area contributed by atoms with Gasteiger partial charge in [-0.3, -0.25) is 0 Å². The first-order valence-corrected chi connectivity index (χ1v) is 2.74. The van der Waals surface area contributed by atoms with Gasteiger partial charge in [0.15, 0.2) is 0 Å². The highest BCUT2D eigenvalue weighted by Crippen LogP contribution is 1.93. The number of imidazole rings is 1. The van der Waals surface area contributed by atoms with Crippen LogP contribution in [0, 0.1) is 6.92 Å². The van der Waals surface area contributed by atoms with Crippen molar-refractivity contribution in [1.82, 2.24) is 30.2 Å². The molecule has 0 bridgehead atoms. The highest BCUT2D eigenvalue weighted by Gasteiger charge is 1.97. The summed E-state index contributed by atoms with van der Waals surface area (Å²) in [6.45, 7) is 1.86. The summed E-state index contributed by atoms with van der Waals surface area (Å²) in [5.41, 5.74) is 0.856. The summed E-state index contributed by atoms with van der Waals surface area (Å²) in [6, 6.07) is 0. The van der Waals surface area contributed by atoms with E-state index in [-0.39, 0.29) is 0 Å². The zero-order chi connectivity index (χ0) is 6.97. The normalized spacial score (nSPS) is 10.5. The molecule has 6 nitrogen and oxygen atoms in total. The molecule has 0 N–H and O–H groups in total. The fraction of sp³-hybridized carbons (Fsp3) is 0.250. The molecule has 0 atom stereocenters. The Morgan fingerprint density at radius 2 is 2.30 bits per heavy atom. The Labute approximate surface area is 55.9 Å². The van der Waals surface area contributed by atoms with Crippen molar-refractivity contribution >= 4 is 5.78 Å². The summed E-state index contributed by atoms with van der Waals surface area (Å²) in [5.74, 6) is 0.479. The van der Waals surface area contributed by atoms with Gasteiger partial charge in [0.1, 0.15) is 0 Å². The topological polar surface area (TPSA) is 68.9 Å². The molecule has 0 amide bonds. The molecular weight excluding hydrogens is 132 g/mol. The van der Waals surface area contributed by atoms with Crippen molar-refractivity contribution in [2.75, 3.05) is 0 Å². The molecule has 0 unspecified atom stereocenters. The van der Waals surface area contributed by atoms with Crippen molar-refractivity contribution in [1.29, 1.82) is 0 Å². The van der Waals surface area contributed by atoms with E-state index in [1.165, 1.54) is 4.52 Å². The van der Waals surface area contributed by atoms with E-state index in [0.717, 1.165) is 5.69 Å². The van der Waals surface area contributed by atoms with E-state index in [4.69, 9.17) is 0 Å². The average molecular weight is 136 g/mol. The fourth-order valence-corrected chi connectivity index (χ4v) is 0.728. The third-order valence-electron chi connectivity index (χ3n) is 1.10. The summed E-state index contributed by atoms with van der Waals surface area (Å²) in [5, 5.41) is 13.9. The van der Waals surface area contributed by atoms with Crippen LogP contribution in [0.3, 0.4) is 0 Å². The predicted octanol–water partition coefficient (Wildman–Crippen LogP) is -0.777. The quantitative estimate of drug-likeness (QED) is 0.475. The molecule has 50 valence electrons. The minimum atomic E-state index is 0.479. The standard InChI is InChI=1S/C4H4N6/c1-3-2-10-4(5-3)6-7-8-9-10/h2H,1H3. The first kappa shape index (κ1) is 5.21. The van der Waals surface area contributed by atoms with E-state index in [0.29, 0.717) is 5.78 Å². The molecule has 0 aromatic carbocycles. The van der Waals surface area contributed by atoms with E-state index in [1.807, 2.05) is 6.92 Å². The van der Waals surface area contributed by atoms with Crippen molar-refractivity contribution in [3.05, 3.63) is 11.9 Å². The number of hydrogen-bond donors (Lipinski definition) is 0. The van der Waals surface area contributed by atoms with Crippen LogP contribution in [0.5, 0.6) is 0 Å². The van der Waals surface area contributed by atoms with Gasteiger partial charge in [-0.15, -0.1) is 0 Å². The van der Waals surface area contributed by atoms with E-state index < -0.39 is 0 Å². The van der Waals surface area contributed by atoms with Crippen LogP contribution in [0.25, 0.3) is 5.78 Å². The van der Waals surface area contributed by atoms with Crippen LogP contribution in [0.4, 0.5) is 0 Å². The predicted molar refractivity (Wildman–Crippen MR) is 31.1 cm³/mol. The zero-order valence-corrected chi connectivity index (χ0v) is 5.26. The maximum absolute atomic E-state index is 4.00. The van der Waals surface area contributed by atoms with Crippen LogP contribution < -0.4 is 0 Å². The zero-order valence-electron chi connectivity index (χ0n) is 5.26. The molecule has 0 spiro atoms. The molecule has 6 heteroatoms. The molecule has 0 saturated carbocycles. The highest BCUT2D eigenvalue weighted by atomic mass is 15.6. The van der Waals surface area contributed by atoms with Gasteiger partial charge < -0.3 is 0 Å². The maximum Gasteiger partial charge on any atom is 0.273 e. The second kappa shape index (κ2) is 1.69. The van der Waals surface area contributed by atoms with Gasteiger partial charge >= 0.3 is 0 Å². The molecule has 2 heterocycles. The van der Waals surface area contributed by atoms with Gasteiger partial charge in [-0.05, 0) is 22.6 Å². The monoisotopic (exact) mass is 136 g/mol. The minimum absolute atomic E-state index is 0.479. The van der Waals surface area contributed by atoms with Crippen molar-refractivity contribution in [2.24, 2.45) is 0 Å². The van der Waals surface area contributed by atoms with Crippen LogP contribution in [0.1, 0.15) is 5.69 Å². The second-order valence-electron chi connectivity index (χ2n) is 1.90. The van der Waals surface area contributed by atoms with Gasteiger partial charge in [0.05, 0.1) is 11.9 Å². The number of aromatic nitrogens is 6. The summed E-state index contributed by atoms with van der Waals surface area (Å²) in [6.07, 6.45) is 1.73. The van der Waals surface area contributed by atoms with Crippen LogP contribution in [-0.2, 0) is 0 Å². The Morgan fingerprint density at radius 1 is 1.40 bits per heavy atom. The number of nitrogens with zero attached hydrogens (tertiary/aromatic N) is 6. The number of fused-ring (bicyclic) bond motifs is 1. The third kappa shape index (κ3) is 0.619. The van der Waals surface area contributed by atoms with E-state index in [1.54, 1.807) is 6.20 Å². The molecule has 0 aliphatic carbocycles. The number of aryl methyl sites for hydroxylation is 1. The van der Waals surface area contributed by atoms with Crippen molar-refractivity contribution in [3.8, 4) is 0 Å². The van der Waals surface area contributed by atoms with Gasteiger partial charge in [-0.1, -0.05) is 5.10 Å². The van der Waals surface area contributed by atoms with Crippen LogP contribution >= 0.6 is 0 Å². The summed E-state index contributed by atoms with van der Waals surface area (Å²) in [7, 11) is 0. The Kier molecular flexibility index (Phi) is 0.883. The smallest absolute Gasteiger partial charge is 0.213 e. The summed E-state index contributed by atoms with van der Waals surface area (Å²) in [4.78, 5) is 4.00. The molecular formula is C4H4N6. The second-order valence-corrected chi connectivity index (χ2v) is 1.90. The highest BCUT2D eigenvalue weighted by molar-refractivity contribution is 5.24. The van der Waals surface area contributed by atoms with Crippen molar-refractivity contribution in [2.45, 2.75) is 6.92 Å². The van der Waals surface area contributed by atoms with Crippen molar-refractivity contribution < 1.29 is 0 Å². The van der Waals surface area contributed by atoms with Crippen LogP contribution in [0.2, 0.25) is 0 Å². The lowest BCUT2D eigenvalue weighted by molar-refractivity contribution is 0.663. The van der Waals surface area contributed by atoms with E-state index in [9.17, 15) is 0 Å². The lowest BCUT2D eigenvalue weighted by Gasteiger charge is -1.81. The minimum Gasteiger partial charge on any atom is -0.213 e. The Bertz CT molecular complexity index is 318. The van der Waals surface area contributed by atoms with Gasteiger partial charge in [0.2, 0.25) is 0 Å². The van der Waals surface area contributed by atoms with Gasteiger partial charge in [0.25, 0.3) is 5.78 Å². The molecule has 2 aromatic rings. The molecule has 0 fully saturated rings. The largest absolute Gasteiger partial charge is 0.273 e. The van der Waals surface area contributed by atoms with E-state index in [2.05, 4.69) is 25.7 Å². The van der Waals surface area contributed by atoms with E-state index >= 15 is 0 Å². The van der Waals surface area contributed by atoms with Crippen molar-refractivity contribution in [3.63, 3.8) is 0 Å². The Balaban J connectivity index is 2.88. The first-order valence-electron chi connectivity index (χ1n) is 2.74. The van der Waals surface area contributed by atoms with Crippen LogP contribution in [0.15, 0.2) is 6.20 Å². The maximum atomic E-state index is 4.00. The third-order valence-corrected chi connectivity index (χ3v) is 1.10. The van der Waals surface area contributed by atoms with Gasteiger partial charge in [-0.25, -0.2) is 4.98 Å². The number of rotatable bonds is 0. The Hall–Kier alpha value is -1.59. The molecule has 10 heavy (non-hydrogen) atoms. The van der Waals surface area contributed by atoms with Gasteiger partial charge in [-0.2, -0.15) is 4.52 Å². The summed E-state index contributed by atoms with van der Waals surface area (Å²) >= 11 is 0. The van der Waals surface area contributed by atoms with Crippen LogP contribution in [-0.4, -0.2) is 30.2 Å². The molecule has 0 saturated heterocycles. The molecule has 0 aliphatic heterocycles. The molecule has 0 aliphatic rings. The fourth-order valence-electron chi connectivity index (χ4n) is 0.728. The molecule has 2 aromatic heterocycles. The summed E-state index contributed by atoms with van der Waals surface area (Å²) < 4.78 is 1.47. The Morgan fingerprint density at radius 3 is 3.10 bits per heavy atom. The SMILES string of the molecule is Cc1cn2nnnnc2n1.